The summed E-state index contributed by atoms with van der Waals surface area (Å²) < 4.78 is 4.78. The van der Waals surface area contributed by atoms with Gasteiger partial charge in [0.15, 0.2) is 5.82 Å². The lowest BCUT2D eigenvalue weighted by atomic mass is 10.1. The molecule has 0 aliphatic rings. The first-order valence-corrected chi connectivity index (χ1v) is 7.00. The van der Waals surface area contributed by atoms with Gasteiger partial charge in [0.25, 0.3) is 5.89 Å². The number of rotatable bonds is 6. The fraction of sp³-hybridized carbons (Fsp3) is 0.267. The molecule has 1 amide bonds. The molecule has 22 heavy (non-hydrogen) atoms. The lowest BCUT2D eigenvalue weighted by Gasteiger charge is -2.02. The SMILES string of the molecule is O=C(Cc1c[nH]c2ccccc12)NCCc1noc(CO)n1. The first-order chi connectivity index (χ1) is 10.8. The number of aromatic amines is 1. The van der Waals surface area contributed by atoms with Gasteiger partial charge in [0.1, 0.15) is 6.61 Å². The summed E-state index contributed by atoms with van der Waals surface area (Å²) in [6.07, 6.45) is 2.64. The summed E-state index contributed by atoms with van der Waals surface area (Å²) in [6, 6.07) is 7.87. The van der Waals surface area contributed by atoms with E-state index in [2.05, 4.69) is 20.4 Å². The van der Waals surface area contributed by atoms with Crippen molar-refractivity contribution in [2.45, 2.75) is 19.4 Å². The highest BCUT2D eigenvalue weighted by Gasteiger charge is 2.09. The smallest absolute Gasteiger partial charge is 0.252 e. The van der Waals surface area contributed by atoms with Crippen LogP contribution in [0.15, 0.2) is 35.0 Å². The quantitative estimate of drug-likeness (QED) is 0.628. The van der Waals surface area contributed by atoms with Crippen LogP contribution in [-0.4, -0.2) is 32.7 Å². The first-order valence-electron chi connectivity index (χ1n) is 7.00. The Balaban J connectivity index is 1.52. The predicted octanol–water partition coefficient (Wildman–Crippen LogP) is 0.945. The highest BCUT2D eigenvalue weighted by Crippen LogP contribution is 2.17. The molecular formula is C15H16N4O3. The van der Waals surface area contributed by atoms with Crippen molar-refractivity contribution in [3.63, 3.8) is 0 Å². The number of aromatic nitrogens is 3. The van der Waals surface area contributed by atoms with Crippen LogP contribution in [0.4, 0.5) is 0 Å². The lowest BCUT2D eigenvalue weighted by molar-refractivity contribution is -0.120. The highest BCUT2D eigenvalue weighted by atomic mass is 16.5. The molecule has 7 nitrogen and oxygen atoms in total. The fourth-order valence-corrected chi connectivity index (χ4v) is 2.28. The van der Waals surface area contributed by atoms with Crippen LogP contribution >= 0.6 is 0 Å². The number of para-hydroxylation sites is 1. The second kappa shape index (κ2) is 6.40. The van der Waals surface area contributed by atoms with E-state index in [9.17, 15) is 4.79 Å². The van der Waals surface area contributed by atoms with Crippen molar-refractivity contribution in [2.24, 2.45) is 0 Å². The Hall–Kier alpha value is -2.67. The Morgan fingerprint density at radius 3 is 3.05 bits per heavy atom. The average molecular weight is 300 g/mol. The van der Waals surface area contributed by atoms with E-state index in [0.29, 0.717) is 25.2 Å². The second-order valence-electron chi connectivity index (χ2n) is 4.90. The Morgan fingerprint density at radius 1 is 1.36 bits per heavy atom. The molecule has 0 unspecified atom stereocenters. The predicted molar refractivity (Wildman–Crippen MR) is 78.9 cm³/mol. The minimum atomic E-state index is -0.278. The van der Waals surface area contributed by atoms with Crippen molar-refractivity contribution in [2.75, 3.05) is 6.54 Å². The number of aliphatic hydroxyl groups excluding tert-OH is 1. The van der Waals surface area contributed by atoms with Gasteiger partial charge < -0.3 is 19.9 Å². The monoisotopic (exact) mass is 300 g/mol. The van der Waals surface area contributed by atoms with Crippen LogP contribution in [0.5, 0.6) is 0 Å². The topological polar surface area (TPSA) is 104 Å². The number of aliphatic hydroxyl groups is 1. The molecule has 114 valence electrons. The van der Waals surface area contributed by atoms with Crippen molar-refractivity contribution in [3.8, 4) is 0 Å². The Kier molecular flexibility index (Phi) is 4.15. The van der Waals surface area contributed by atoms with Gasteiger partial charge in [-0.2, -0.15) is 4.98 Å². The maximum absolute atomic E-state index is 12.0. The molecule has 0 bridgehead atoms. The number of carbonyl (C=O) groups is 1. The maximum atomic E-state index is 12.0. The van der Waals surface area contributed by atoms with Gasteiger partial charge in [-0.3, -0.25) is 4.79 Å². The highest BCUT2D eigenvalue weighted by molar-refractivity contribution is 5.88. The van der Waals surface area contributed by atoms with Crippen LogP contribution in [0.25, 0.3) is 10.9 Å². The number of amides is 1. The third kappa shape index (κ3) is 3.15. The third-order valence-electron chi connectivity index (χ3n) is 3.34. The van der Waals surface area contributed by atoms with Gasteiger partial charge in [-0.25, -0.2) is 0 Å². The summed E-state index contributed by atoms with van der Waals surface area (Å²) in [4.78, 5) is 19.1. The molecule has 0 atom stereocenters. The van der Waals surface area contributed by atoms with Crippen LogP contribution in [0.3, 0.4) is 0 Å². The molecule has 0 saturated heterocycles. The Bertz CT molecular complexity index is 778. The van der Waals surface area contributed by atoms with E-state index in [-0.39, 0.29) is 18.4 Å². The van der Waals surface area contributed by atoms with E-state index < -0.39 is 0 Å². The zero-order valence-corrected chi connectivity index (χ0v) is 11.9. The molecule has 3 N–H and O–H groups in total. The number of hydrogen-bond donors (Lipinski definition) is 3. The van der Waals surface area contributed by atoms with E-state index in [0.717, 1.165) is 16.5 Å². The van der Waals surface area contributed by atoms with Crippen molar-refractivity contribution in [3.05, 3.63) is 47.7 Å². The standard InChI is InChI=1S/C15H16N4O3/c20-9-15-18-13(19-22-15)5-6-16-14(21)7-10-8-17-12-4-2-1-3-11(10)12/h1-4,8,17,20H,5-7,9H2,(H,16,21). The lowest BCUT2D eigenvalue weighted by Crippen LogP contribution is -2.27. The summed E-state index contributed by atoms with van der Waals surface area (Å²) >= 11 is 0. The third-order valence-corrected chi connectivity index (χ3v) is 3.34. The molecule has 0 spiro atoms. The van der Waals surface area contributed by atoms with Crippen LogP contribution in [0, 0.1) is 0 Å². The molecule has 1 aromatic carbocycles. The van der Waals surface area contributed by atoms with E-state index in [4.69, 9.17) is 9.63 Å². The van der Waals surface area contributed by atoms with Gasteiger partial charge >= 0.3 is 0 Å². The largest absolute Gasteiger partial charge is 0.387 e. The van der Waals surface area contributed by atoms with Crippen molar-refractivity contribution in [1.29, 1.82) is 0 Å². The molecule has 0 saturated carbocycles. The van der Waals surface area contributed by atoms with Crippen molar-refractivity contribution >= 4 is 16.8 Å². The number of H-pyrrole nitrogens is 1. The van der Waals surface area contributed by atoms with Gasteiger partial charge in [0.05, 0.1) is 6.42 Å². The number of hydrogen-bond acceptors (Lipinski definition) is 5. The molecule has 0 aliphatic carbocycles. The minimum absolute atomic E-state index is 0.0596. The summed E-state index contributed by atoms with van der Waals surface area (Å²) in [5.74, 6) is 0.590. The zero-order valence-electron chi connectivity index (χ0n) is 11.9. The van der Waals surface area contributed by atoms with Gasteiger partial charge in [0, 0.05) is 30.1 Å². The molecule has 2 heterocycles. The number of nitrogens with one attached hydrogen (secondary N) is 2. The summed E-state index contributed by atoms with van der Waals surface area (Å²) in [5, 5.41) is 16.4. The van der Waals surface area contributed by atoms with Crippen LogP contribution < -0.4 is 5.32 Å². The van der Waals surface area contributed by atoms with E-state index in [1.807, 2.05) is 30.5 Å². The average Bonchev–Trinajstić information content (AvgIpc) is 3.15. The van der Waals surface area contributed by atoms with Gasteiger partial charge in [0.2, 0.25) is 5.91 Å². The summed E-state index contributed by atoms with van der Waals surface area (Å²) in [6.45, 7) is 0.144. The van der Waals surface area contributed by atoms with Crippen molar-refractivity contribution in [1.82, 2.24) is 20.4 Å². The van der Waals surface area contributed by atoms with Gasteiger partial charge in [-0.1, -0.05) is 23.4 Å². The number of fused-ring (bicyclic) bond motifs is 1. The summed E-state index contributed by atoms with van der Waals surface area (Å²) in [5.41, 5.74) is 1.99. The zero-order chi connectivity index (χ0) is 15.4. The molecule has 0 aliphatic heterocycles. The summed E-state index contributed by atoms with van der Waals surface area (Å²) in [7, 11) is 0. The molecule has 7 heteroatoms. The number of nitrogens with zero attached hydrogens (tertiary/aromatic N) is 2. The van der Waals surface area contributed by atoms with Gasteiger partial charge in [-0.15, -0.1) is 0 Å². The van der Waals surface area contributed by atoms with Crippen LogP contribution in [-0.2, 0) is 24.2 Å². The normalized spacial score (nSPS) is 11.0. The molecule has 3 rings (SSSR count). The molecular weight excluding hydrogens is 284 g/mol. The van der Waals surface area contributed by atoms with Crippen molar-refractivity contribution < 1.29 is 14.4 Å². The molecule has 2 aromatic heterocycles. The van der Waals surface area contributed by atoms with E-state index >= 15 is 0 Å². The Labute approximate surface area is 126 Å². The fourth-order valence-electron chi connectivity index (χ4n) is 2.28. The van der Waals surface area contributed by atoms with Gasteiger partial charge in [-0.05, 0) is 11.6 Å². The first kappa shape index (κ1) is 14.3. The maximum Gasteiger partial charge on any atom is 0.252 e. The molecule has 3 aromatic rings. The molecule has 0 fully saturated rings. The minimum Gasteiger partial charge on any atom is -0.387 e. The second-order valence-corrected chi connectivity index (χ2v) is 4.90. The number of benzene rings is 1. The number of carbonyl (C=O) groups excluding carboxylic acids is 1. The van der Waals surface area contributed by atoms with Crippen LogP contribution in [0.2, 0.25) is 0 Å². The van der Waals surface area contributed by atoms with Crippen LogP contribution in [0.1, 0.15) is 17.3 Å². The molecule has 0 radical (unpaired) electrons. The van der Waals surface area contributed by atoms with E-state index in [1.165, 1.54) is 0 Å². The Morgan fingerprint density at radius 2 is 2.23 bits per heavy atom. The van der Waals surface area contributed by atoms with E-state index in [1.54, 1.807) is 0 Å².